The van der Waals surface area contributed by atoms with Crippen molar-refractivity contribution in [2.75, 3.05) is 10.6 Å². The molecule has 110 valence electrons. The Labute approximate surface area is 123 Å². The summed E-state index contributed by atoms with van der Waals surface area (Å²) in [4.78, 5) is 11.9. The summed E-state index contributed by atoms with van der Waals surface area (Å²) in [6, 6.07) is 2.08. The number of anilines is 2. The highest BCUT2D eigenvalue weighted by atomic mass is 32.1. The zero-order chi connectivity index (χ0) is 15.6. The molecule has 0 bridgehead atoms. The Morgan fingerprint density at radius 3 is 2.71 bits per heavy atom. The van der Waals surface area contributed by atoms with Crippen molar-refractivity contribution < 1.29 is 13.6 Å². The van der Waals surface area contributed by atoms with Crippen LogP contribution in [0.2, 0.25) is 0 Å². The molecule has 9 heteroatoms. The Morgan fingerprint density at radius 2 is 2.10 bits per heavy atom. The molecule has 0 fully saturated rings. The number of aryl methyl sites for hydroxylation is 1. The minimum Gasteiger partial charge on any atom is -0.389 e. The van der Waals surface area contributed by atoms with Crippen LogP contribution in [0.4, 0.5) is 25.1 Å². The second-order valence-electron chi connectivity index (χ2n) is 4.10. The van der Waals surface area contributed by atoms with Gasteiger partial charge in [0.1, 0.15) is 22.4 Å². The van der Waals surface area contributed by atoms with Gasteiger partial charge in [0.15, 0.2) is 0 Å². The number of nitrogens with zero attached hydrogens (tertiary/aromatic N) is 2. The normalized spacial score (nSPS) is 10.2. The summed E-state index contributed by atoms with van der Waals surface area (Å²) in [6.07, 6.45) is 1.40. The van der Waals surface area contributed by atoms with Gasteiger partial charge >= 0.3 is 6.03 Å². The molecule has 1 aromatic heterocycles. The van der Waals surface area contributed by atoms with Crippen LogP contribution in [-0.2, 0) is 7.05 Å². The Hall–Kier alpha value is -2.55. The first-order valence-corrected chi connectivity index (χ1v) is 6.14. The molecule has 1 heterocycles. The van der Waals surface area contributed by atoms with Gasteiger partial charge in [-0.1, -0.05) is 12.2 Å². The number of halogens is 2. The fourth-order valence-electron chi connectivity index (χ4n) is 1.62. The minimum atomic E-state index is -0.885. The van der Waals surface area contributed by atoms with Gasteiger partial charge in [0.05, 0.1) is 17.4 Å². The number of hydrogen-bond acceptors (Lipinski definition) is 3. The first-order chi connectivity index (χ1) is 9.88. The molecule has 6 nitrogen and oxygen atoms in total. The van der Waals surface area contributed by atoms with E-state index in [-0.39, 0.29) is 16.5 Å². The van der Waals surface area contributed by atoms with Crippen molar-refractivity contribution in [3.8, 4) is 0 Å². The molecule has 0 radical (unpaired) electrons. The summed E-state index contributed by atoms with van der Waals surface area (Å²) < 4.78 is 27.6. The number of thiocarbonyl (C=S) groups is 1. The Morgan fingerprint density at radius 1 is 1.38 bits per heavy atom. The van der Waals surface area contributed by atoms with Gasteiger partial charge in [0.25, 0.3) is 0 Å². The molecule has 0 aliphatic rings. The van der Waals surface area contributed by atoms with Crippen molar-refractivity contribution in [2.24, 2.45) is 12.8 Å². The van der Waals surface area contributed by atoms with E-state index in [0.717, 1.165) is 12.1 Å². The molecule has 0 saturated carbocycles. The summed E-state index contributed by atoms with van der Waals surface area (Å²) in [6.45, 7) is 0. The second-order valence-corrected chi connectivity index (χ2v) is 4.54. The maximum atomic E-state index is 13.4. The van der Waals surface area contributed by atoms with E-state index in [1.54, 1.807) is 7.05 Å². The largest absolute Gasteiger partial charge is 0.389 e. The third-order valence-electron chi connectivity index (χ3n) is 2.62. The van der Waals surface area contributed by atoms with Gasteiger partial charge < -0.3 is 11.1 Å². The number of aromatic nitrogens is 2. The van der Waals surface area contributed by atoms with Crippen LogP contribution in [0.1, 0.15) is 5.56 Å². The van der Waals surface area contributed by atoms with Crippen molar-refractivity contribution in [3.63, 3.8) is 0 Å². The summed E-state index contributed by atoms with van der Waals surface area (Å²) in [7, 11) is 1.58. The molecule has 21 heavy (non-hydrogen) atoms. The molecule has 2 amide bonds. The van der Waals surface area contributed by atoms with Gasteiger partial charge in [-0.05, 0) is 12.1 Å². The molecular weight excluding hydrogens is 300 g/mol. The highest BCUT2D eigenvalue weighted by molar-refractivity contribution is 7.80. The predicted molar refractivity (Wildman–Crippen MR) is 78.1 cm³/mol. The Balaban J connectivity index is 2.15. The van der Waals surface area contributed by atoms with Crippen LogP contribution in [0.5, 0.6) is 0 Å². The molecule has 0 unspecified atom stereocenters. The number of benzene rings is 1. The zero-order valence-electron chi connectivity index (χ0n) is 10.9. The van der Waals surface area contributed by atoms with Gasteiger partial charge in [-0.3, -0.25) is 10.00 Å². The maximum Gasteiger partial charge on any atom is 0.324 e. The highest BCUT2D eigenvalue weighted by Gasteiger charge is 2.15. The Bertz CT molecular complexity index is 716. The average Bonchev–Trinajstić information content (AvgIpc) is 2.75. The third kappa shape index (κ3) is 3.31. The quantitative estimate of drug-likeness (QED) is 0.757. The predicted octanol–water partition coefficient (Wildman–Crippen LogP) is 1.98. The topological polar surface area (TPSA) is 85.0 Å². The molecule has 0 atom stereocenters. The third-order valence-corrected chi connectivity index (χ3v) is 2.84. The smallest absolute Gasteiger partial charge is 0.324 e. The molecule has 0 saturated heterocycles. The fourth-order valence-corrected chi connectivity index (χ4v) is 1.77. The summed E-state index contributed by atoms with van der Waals surface area (Å²) >= 11 is 4.83. The van der Waals surface area contributed by atoms with Crippen LogP contribution >= 0.6 is 12.2 Å². The van der Waals surface area contributed by atoms with Crippen LogP contribution in [0.15, 0.2) is 24.4 Å². The lowest BCUT2D eigenvalue weighted by molar-refractivity contribution is 0.262. The van der Waals surface area contributed by atoms with Crippen LogP contribution < -0.4 is 16.4 Å². The van der Waals surface area contributed by atoms with Gasteiger partial charge in [0.2, 0.25) is 0 Å². The van der Waals surface area contributed by atoms with E-state index >= 15 is 0 Å². The van der Waals surface area contributed by atoms with E-state index in [1.807, 2.05) is 0 Å². The number of urea groups is 1. The van der Waals surface area contributed by atoms with E-state index in [1.165, 1.54) is 10.9 Å². The van der Waals surface area contributed by atoms with E-state index in [9.17, 15) is 13.6 Å². The molecule has 2 rings (SSSR count). The highest BCUT2D eigenvalue weighted by Crippen LogP contribution is 2.17. The van der Waals surface area contributed by atoms with E-state index in [0.29, 0.717) is 11.6 Å². The van der Waals surface area contributed by atoms with Crippen LogP contribution in [0.25, 0.3) is 0 Å². The minimum absolute atomic E-state index is 0.0614. The molecular formula is C12H11F2N5OS. The number of hydrogen-bond donors (Lipinski definition) is 3. The number of carbonyl (C=O) groups excluding carboxylic acids is 1. The van der Waals surface area contributed by atoms with Gasteiger partial charge in [-0.15, -0.1) is 0 Å². The van der Waals surface area contributed by atoms with Crippen LogP contribution in [0.3, 0.4) is 0 Å². The van der Waals surface area contributed by atoms with E-state index < -0.39 is 17.7 Å². The lowest BCUT2D eigenvalue weighted by Crippen LogP contribution is -2.23. The fraction of sp³-hybridized carbons (Fsp3) is 0.0833. The van der Waals surface area contributed by atoms with Gasteiger partial charge in [-0.2, -0.15) is 5.10 Å². The van der Waals surface area contributed by atoms with E-state index in [2.05, 4.69) is 15.7 Å². The number of rotatable bonds is 3. The molecule has 0 spiro atoms. The standard InChI is InChI=1S/C12H11F2N5OS/c1-19-11(7(5-16-19)10(15)21)18-12(20)17-9-3-2-6(13)4-8(9)14/h2-5H,1H3,(H2,15,21)(H2,17,18,20). The van der Waals surface area contributed by atoms with Crippen molar-refractivity contribution in [1.82, 2.24) is 9.78 Å². The Kier molecular flexibility index (Phi) is 4.13. The zero-order valence-corrected chi connectivity index (χ0v) is 11.7. The number of carbonyl (C=O) groups is 1. The first-order valence-electron chi connectivity index (χ1n) is 5.73. The van der Waals surface area contributed by atoms with E-state index in [4.69, 9.17) is 18.0 Å². The van der Waals surface area contributed by atoms with Crippen molar-refractivity contribution >= 4 is 34.7 Å². The van der Waals surface area contributed by atoms with Gasteiger partial charge in [0, 0.05) is 13.1 Å². The lowest BCUT2D eigenvalue weighted by Gasteiger charge is -2.10. The molecule has 4 N–H and O–H groups in total. The maximum absolute atomic E-state index is 13.4. The van der Waals surface area contributed by atoms with Crippen LogP contribution in [-0.4, -0.2) is 20.8 Å². The number of nitrogens with two attached hydrogens (primary N) is 1. The average molecular weight is 311 g/mol. The van der Waals surface area contributed by atoms with Crippen molar-refractivity contribution in [1.29, 1.82) is 0 Å². The van der Waals surface area contributed by atoms with Gasteiger partial charge in [-0.25, -0.2) is 13.6 Å². The summed E-state index contributed by atoms with van der Waals surface area (Å²) in [5, 5.41) is 8.62. The number of amides is 2. The SMILES string of the molecule is Cn1ncc(C(N)=S)c1NC(=O)Nc1ccc(F)cc1F. The second kappa shape index (κ2) is 5.83. The number of nitrogens with one attached hydrogen (secondary N) is 2. The monoisotopic (exact) mass is 311 g/mol. The molecule has 0 aliphatic heterocycles. The molecule has 1 aromatic carbocycles. The lowest BCUT2D eigenvalue weighted by atomic mass is 10.3. The molecule has 0 aliphatic carbocycles. The van der Waals surface area contributed by atoms with Crippen LogP contribution in [0, 0.1) is 11.6 Å². The summed E-state index contributed by atoms with van der Waals surface area (Å²) in [5.41, 5.74) is 5.72. The molecule has 2 aromatic rings. The van der Waals surface area contributed by atoms with Crippen molar-refractivity contribution in [2.45, 2.75) is 0 Å². The summed E-state index contributed by atoms with van der Waals surface area (Å²) in [5.74, 6) is -1.35. The first kappa shape index (κ1) is 14.9. The van der Waals surface area contributed by atoms with Crippen molar-refractivity contribution in [3.05, 3.63) is 41.6 Å².